The summed E-state index contributed by atoms with van der Waals surface area (Å²) in [6, 6.07) is 6.71. The van der Waals surface area contributed by atoms with Gasteiger partial charge in [0.05, 0.1) is 0 Å². The molecule has 1 saturated heterocycles. The smallest absolute Gasteiger partial charge is 0.128 e. The van der Waals surface area contributed by atoms with E-state index in [1.54, 1.807) is 6.07 Å². The molecule has 1 atom stereocenters. The number of nitrogens with one attached hydrogen (secondary N) is 1. The molecule has 1 heterocycles. The first-order chi connectivity index (χ1) is 9.72. The van der Waals surface area contributed by atoms with Crippen molar-refractivity contribution in [1.29, 1.82) is 0 Å². The number of likely N-dealkylation sites (tertiary alicyclic amines) is 1. The highest BCUT2D eigenvalue weighted by Gasteiger charge is 2.26. The fourth-order valence-electron chi connectivity index (χ4n) is 2.96. The third-order valence-corrected chi connectivity index (χ3v) is 4.85. The van der Waals surface area contributed by atoms with Gasteiger partial charge in [-0.05, 0) is 44.4 Å². The van der Waals surface area contributed by atoms with E-state index in [0.29, 0.717) is 6.04 Å². The molecule has 0 bridgehead atoms. The third kappa shape index (κ3) is 3.80. The second kappa shape index (κ2) is 6.54. The number of benzene rings is 1. The van der Waals surface area contributed by atoms with Crippen molar-refractivity contribution in [2.75, 3.05) is 13.1 Å². The second-order valence-electron chi connectivity index (χ2n) is 6.04. The van der Waals surface area contributed by atoms with Crippen LogP contribution in [0.2, 0.25) is 0 Å². The highest BCUT2D eigenvalue weighted by Crippen LogP contribution is 2.24. The molecule has 20 heavy (non-hydrogen) atoms. The summed E-state index contributed by atoms with van der Waals surface area (Å²) in [5.41, 5.74) is 0.812. The Kier molecular flexibility index (Phi) is 4.74. The molecular weight excluding hydrogens is 319 g/mol. The van der Waals surface area contributed by atoms with Crippen LogP contribution in [0.25, 0.3) is 0 Å². The van der Waals surface area contributed by atoms with E-state index >= 15 is 0 Å². The fourth-order valence-corrected chi connectivity index (χ4v) is 3.29. The molecule has 1 aliphatic heterocycles. The van der Waals surface area contributed by atoms with Crippen molar-refractivity contribution in [3.8, 4) is 0 Å². The Morgan fingerprint density at radius 1 is 1.25 bits per heavy atom. The Labute approximate surface area is 128 Å². The van der Waals surface area contributed by atoms with E-state index in [0.717, 1.165) is 35.7 Å². The monoisotopic (exact) mass is 340 g/mol. The maximum absolute atomic E-state index is 14.0. The Balaban J connectivity index is 1.62. The lowest BCUT2D eigenvalue weighted by Gasteiger charge is -2.36. The van der Waals surface area contributed by atoms with Crippen molar-refractivity contribution in [3.05, 3.63) is 34.1 Å². The highest BCUT2D eigenvalue weighted by molar-refractivity contribution is 9.10. The standard InChI is InChI=1S/C16H22BrFN2/c17-13-5-4-12(16(18)9-13)11-20-8-2-1-3-15(20)10-19-14-6-7-14/h4-5,9,14-15,19H,1-3,6-8,10-11H2. The number of nitrogens with zero attached hydrogens (tertiary/aromatic N) is 1. The van der Waals surface area contributed by atoms with Crippen molar-refractivity contribution in [1.82, 2.24) is 10.2 Å². The average Bonchev–Trinajstić information content (AvgIpc) is 3.25. The quantitative estimate of drug-likeness (QED) is 0.879. The van der Waals surface area contributed by atoms with E-state index in [9.17, 15) is 4.39 Å². The van der Waals surface area contributed by atoms with E-state index in [4.69, 9.17) is 0 Å². The molecule has 1 unspecified atom stereocenters. The zero-order valence-electron chi connectivity index (χ0n) is 11.7. The van der Waals surface area contributed by atoms with Gasteiger partial charge in [-0.3, -0.25) is 4.90 Å². The predicted molar refractivity (Wildman–Crippen MR) is 83.2 cm³/mol. The minimum atomic E-state index is -0.0983. The molecule has 1 aromatic carbocycles. The topological polar surface area (TPSA) is 15.3 Å². The number of hydrogen-bond acceptors (Lipinski definition) is 2. The van der Waals surface area contributed by atoms with Crippen LogP contribution in [0.15, 0.2) is 22.7 Å². The zero-order chi connectivity index (χ0) is 13.9. The van der Waals surface area contributed by atoms with E-state index < -0.39 is 0 Å². The summed E-state index contributed by atoms with van der Waals surface area (Å²) in [6.07, 6.45) is 6.42. The SMILES string of the molecule is Fc1cc(Br)ccc1CN1CCCCC1CNC1CC1. The van der Waals surface area contributed by atoms with Crippen molar-refractivity contribution in [2.24, 2.45) is 0 Å². The first kappa shape index (κ1) is 14.5. The highest BCUT2D eigenvalue weighted by atomic mass is 79.9. The van der Waals surface area contributed by atoms with E-state index in [2.05, 4.69) is 26.1 Å². The van der Waals surface area contributed by atoms with Gasteiger partial charge in [-0.15, -0.1) is 0 Å². The minimum absolute atomic E-state index is 0.0983. The Morgan fingerprint density at radius 2 is 2.10 bits per heavy atom. The summed E-state index contributed by atoms with van der Waals surface area (Å²) in [5, 5.41) is 3.62. The molecule has 2 nitrogen and oxygen atoms in total. The maximum atomic E-state index is 14.0. The Bertz CT molecular complexity index is 462. The number of hydrogen-bond donors (Lipinski definition) is 1. The lowest BCUT2D eigenvalue weighted by atomic mass is 10.0. The molecule has 0 radical (unpaired) electrons. The van der Waals surface area contributed by atoms with Crippen LogP contribution in [-0.2, 0) is 6.54 Å². The molecule has 3 rings (SSSR count). The maximum Gasteiger partial charge on any atom is 0.128 e. The summed E-state index contributed by atoms with van der Waals surface area (Å²) in [6.45, 7) is 2.88. The van der Waals surface area contributed by atoms with Crippen molar-refractivity contribution >= 4 is 15.9 Å². The first-order valence-electron chi connectivity index (χ1n) is 7.64. The Hall–Kier alpha value is -0.450. The summed E-state index contributed by atoms with van der Waals surface area (Å²) in [5.74, 6) is -0.0983. The number of rotatable bonds is 5. The van der Waals surface area contributed by atoms with Crippen molar-refractivity contribution < 1.29 is 4.39 Å². The van der Waals surface area contributed by atoms with Gasteiger partial charge in [0.15, 0.2) is 0 Å². The van der Waals surface area contributed by atoms with Crippen LogP contribution in [0.5, 0.6) is 0 Å². The molecule has 1 saturated carbocycles. The van der Waals surface area contributed by atoms with Gasteiger partial charge in [0.25, 0.3) is 0 Å². The number of halogens is 2. The molecule has 0 aromatic heterocycles. The second-order valence-corrected chi connectivity index (χ2v) is 6.95. The van der Waals surface area contributed by atoms with Gasteiger partial charge >= 0.3 is 0 Å². The van der Waals surface area contributed by atoms with Crippen molar-refractivity contribution in [3.63, 3.8) is 0 Å². The van der Waals surface area contributed by atoms with Gasteiger partial charge in [0.2, 0.25) is 0 Å². The zero-order valence-corrected chi connectivity index (χ0v) is 13.3. The summed E-state index contributed by atoms with van der Waals surface area (Å²) in [4.78, 5) is 2.45. The average molecular weight is 341 g/mol. The lowest BCUT2D eigenvalue weighted by Crippen LogP contribution is -2.45. The van der Waals surface area contributed by atoms with Crippen LogP contribution in [-0.4, -0.2) is 30.1 Å². The molecule has 110 valence electrons. The van der Waals surface area contributed by atoms with Crippen LogP contribution in [0, 0.1) is 5.82 Å². The van der Waals surface area contributed by atoms with Crippen LogP contribution in [0.3, 0.4) is 0 Å². The molecule has 4 heteroatoms. The Morgan fingerprint density at radius 3 is 2.85 bits per heavy atom. The summed E-state index contributed by atoms with van der Waals surface area (Å²) >= 11 is 3.32. The van der Waals surface area contributed by atoms with Crippen molar-refractivity contribution in [2.45, 2.75) is 50.7 Å². The fraction of sp³-hybridized carbons (Fsp3) is 0.625. The molecule has 2 fully saturated rings. The van der Waals surface area contributed by atoms with Gasteiger partial charge in [-0.25, -0.2) is 4.39 Å². The van der Waals surface area contributed by atoms with Gasteiger partial charge in [-0.1, -0.05) is 28.4 Å². The van der Waals surface area contributed by atoms with Gasteiger partial charge in [-0.2, -0.15) is 0 Å². The van der Waals surface area contributed by atoms with E-state index in [-0.39, 0.29) is 5.82 Å². The lowest BCUT2D eigenvalue weighted by molar-refractivity contribution is 0.135. The van der Waals surface area contributed by atoms with Crippen LogP contribution >= 0.6 is 15.9 Å². The van der Waals surface area contributed by atoms with Gasteiger partial charge < -0.3 is 5.32 Å². The summed E-state index contributed by atoms with van der Waals surface area (Å²) < 4.78 is 14.8. The molecule has 0 spiro atoms. The molecule has 1 aliphatic carbocycles. The van der Waals surface area contributed by atoms with Gasteiger partial charge in [0.1, 0.15) is 5.82 Å². The van der Waals surface area contributed by atoms with E-state index in [1.807, 2.05) is 12.1 Å². The predicted octanol–water partition coefficient (Wildman–Crippen LogP) is 3.69. The molecule has 0 amide bonds. The minimum Gasteiger partial charge on any atom is -0.312 e. The van der Waals surface area contributed by atoms with Crippen LogP contribution in [0.1, 0.15) is 37.7 Å². The first-order valence-corrected chi connectivity index (χ1v) is 8.43. The molecule has 1 N–H and O–H groups in total. The molecule has 2 aliphatic rings. The van der Waals surface area contributed by atoms with Gasteiger partial charge in [0, 0.05) is 35.2 Å². The van der Waals surface area contributed by atoms with E-state index in [1.165, 1.54) is 32.1 Å². The largest absolute Gasteiger partial charge is 0.312 e. The molecular formula is C16H22BrFN2. The van der Waals surface area contributed by atoms with Crippen LogP contribution in [0.4, 0.5) is 4.39 Å². The van der Waals surface area contributed by atoms with Crippen LogP contribution < -0.4 is 5.32 Å². The normalized spacial score (nSPS) is 24.0. The third-order valence-electron chi connectivity index (χ3n) is 4.36. The molecule has 1 aromatic rings. The number of piperidine rings is 1. The summed E-state index contributed by atoms with van der Waals surface area (Å²) in [7, 11) is 0.